The Balaban J connectivity index is 2.68. The summed E-state index contributed by atoms with van der Waals surface area (Å²) < 4.78 is 14.8. The number of hydrogen-bond acceptors (Lipinski definition) is 1. The zero-order chi connectivity index (χ0) is 15.8. The van der Waals surface area contributed by atoms with Gasteiger partial charge in [-0.05, 0) is 29.2 Å². The molecule has 0 heterocycles. The Morgan fingerprint density at radius 1 is 1.14 bits per heavy atom. The normalized spacial score (nSPS) is 11.5. The molecule has 0 saturated heterocycles. The van der Waals surface area contributed by atoms with Crippen LogP contribution in [0.25, 0.3) is 11.1 Å². The molecule has 0 spiro atoms. The first kappa shape index (κ1) is 15.5. The van der Waals surface area contributed by atoms with Crippen molar-refractivity contribution in [1.82, 2.24) is 0 Å². The summed E-state index contributed by atoms with van der Waals surface area (Å²) in [5, 5.41) is 0.380. The fourth-order valence-corrected chi connectivity index (χ4v) is 2.42. The Bertz CT molecular complexity index is 704. The van der Waals surface area contributed by atoms with Crippen molar-refractivity contribution in [3.8, 4) is 11.1 Å². The van der Waals surface area contributed by atoms with Crippen LogP contribution in [-0.4, -0.2) is 5.91 Å². The quantitative estimate of drug-likeness (QED) is 0.869. The molecule has 2 N–H and O–H groups in total. The van der Waals surface area contributed by atoms with Crippen molar-refractivity contribution < 1.29 is 9.18 Å². The topological polar surface area (TPSA) is 43.1 Å². The Hall–Kier alpha value is -1.87. The number of nitrogens with two attached hydrogens (primary N) is 1. The van der Waals surface area contributed by atoms with E-state index in [1.54, 1.807) is 24.3 Å². The SMILES string of the molecule is CC(C)(C)c1cccc(-c2cc(C(N)=O)ccc2Cl)c1F. The molecule has 0 saturated carbocycles. The summed E-state index contributed by atoms with van der Waals surface area (Å²) >= 11 is 6.16. The van der Waals surface area contributed by atoms with Crippen LogP contribution in [0.3, 0.4) is 0 Å². The molecule has 1 amide bonds. The third kappa shape index (κ3) is 3.08. The van der Waals surface area contributed by atoms with Gasteiger partial charge in [0.25, 0.3) is 0 Å². The molecule has 2 nitrogen and oxygen atoms in total. The minimum Gasteiger partial charge on any atom is -0.366 e. The molecule has 4 heteroatoms. The highest BCUT2D eigenvalue weighted by molar-refractivity contribution is 6.33. The lowest BCUT2D eigenvalue weighted by atomic mass is 9.84. The van der Waals surface area contributed by atoms with E-state index in [0.29, 0.717) is 27.3 Å². The van der Waals surface area contributed by atoms with E-state index in [-0.39, 0.29) is 11.2 Å². The highest BCUT2D eigenvalue weighted by Gasteiger charge is 2.21. The largest absolute Gasteiger partial charge is 0.366 e. The van der Waals surface area contributed by atoms with Crippen LogP contribution in [-0.2, 0) is 5.41 Å². The zero-order valence-corrected chi connectivity index (χ0v) is 13.0. The lowest BCUT2D eigenvalue weighted by molar-refractivity contribution is 0.100. The summed E-state index contributed by atoms with van der Waals surface area (Å²) in [6.07, 6.45) is 0. The molecule has 0 unspecified atom stereocenters. The first-order valence-electron chi connectivity index (χ1n) is 6.60. The van der Waals surface area contributed by atoms with Crippen molar-refractivity contribution in [2.24, 2.45) is 5.73 Å². The number of halogens is 2. The average Bonchev–Trinajstić information content (AvgIpc) is 2.38. The van der Waals surface area contributed by atoms with Gasteiger partial charge in [0.15, 0.2) is 0 Å². The molecule has 2 aromatic carbocycles. The van der Waals surface area contributed by atoms with E-state index in [1.807, 2.05) is 20.8 Å². The summed E-state index contributed by atoms with van der Waals surface area (Å²) in [6, 6.07) is 9.79. The van der Waals surface area contributed by atoms with E-state index < -0.39 is 5.91 Å². The van der Waals surface area contributed by atoms with Crippen molar-refractivity contribution in [2.45, 2.75) is 26.2 Å². The van der Waals surface area contributed by atoms with Crippen LogP contribution >= 0.6 is 11.6 Å². The third-order valence-corrected chi connectivity index (χ3v) is 3.68. The second-order valence-electron chi connectivity index (χ2n) is 5.98. The fraction of sp³-hybridized carbons (Fsp3) is 0.235. The van der Waals surface area contributed by atoms with E-state index in [0.717, 1.165) is 0 Å². The molecule has 0 fully saturated rings. The zero-order valence-electron chi connectivity index (χ0n) is 12.2. The molecule has 2 rings (SSSR count). The third-order valence-electron chi connectivity index (χ3n) is 3.35. The minimum atomic E-state index is -0.569. The van der Waals surface area contributed by atoms with Gasteiger partial charge in [0, 0.05) is 21.7 Å². The summed E-state index contributed by atoms with van der Waals surface area (Å²) in [5.74, 6) is -0.895. The lowest BCUT2D eigenvalue weighted by Gasteiger charge is -2.21. The van der Waals surface area contributed by atoms with Crippen LogP contribution in [0.2, 0.25) is 5.02 Å². The Morgan fingerprint density at radius 2 is 1.81 bits per heavy atom. The maximum Gasteiger partial charge on any atom is 0.248 e. The number of hydrogen-bond donors (Lipinski definition) is 1. The van der Waals surface area contributed by atoms with Gasteiger partial charge in [-0.1, -0.05) is 50.6 Å². The number of primary amides is 1. The fourth-order valence-electron chi connectivity index (χ4n) is 2.20. The molecule has 0 aliphatic heterocycles. The number of carbonyl (C=O) groups is 1. The number of amides is 1. The molecule has 0 aromatic heterocycles. The minimum absolute atomic E-state index is 0.301. The maximum absolute atomic E-state index is 14.8. The summed E-state index contributed by atoms with van der Waals surface area (Å²) in [7, 11) is 0. The highest BCUT2D eigenvalue weighted by Crippen LogP contribution is 2.35. The van der Waals surface area contributed by atoms with Gasteiger partial charge in [-0.15, -0.1) is 0 Å². The maximum atomic E-state index is 14.8. The first-order valence-corrected chi connectivity index (χ1v) is 6.98. The van der Waals surface area contributed by atoms with Gasteiger partial charge in [-0.2, -0.15) is 0 Å². The van der Waals surface area contributed by atoms with Crippen LogP contribution in [0.5, 0.6) is 0 Å². The van der Waals surface area contributed by atoms with Gasteiger partial charge in [-0.25, -0.2) is 4.39 Å². The van der Waals surface area contributed by atoms with Crippen LogP contribution in [0.15, 0.2) is 36.4 Å². The van der Waals surface area contributed by atoms with Gasteiger partial charge in [0.2, 0.25) is 5.91 Å². The molecule has 0 aliphatic carbocycles. The van der Waals surface area contributed by atoms with Gasteiger partial charge in [-0.3, -0.25) is 4.79 Å². The van der Waals surface area contributed by atoms with Crippen LogP contribution in [0, 0.1) is 5.82 Å². The van der Waals surface area contributed by atoms with Crippen molar-refractivity contribution >= 4 is 17.5 Å². The smallest absolute Gasteiger partial charge is 0.248 e. The summed E-state index contributed by atoms with van der Waals surface area (Å²) in [5.41, 5.74) is 6.69. The number of carbonyl (C=O) groups excluding carboxylic acids is 1. The van der Waals surface area contributed by atoms with E-state index >= 15 is 0 Å². The van der Waals surface area contributed by atoms with Crippen molar-refractivity contribution in [3.63, 3.8) is 0 Å². The van der Waals surface area contributed by atoms with Crippen LogP contribution in [0.1, 0.15) is 36.7 Å². The van der Waals surface area contributed by atoms with Crippen molar-refractivity contribution in [3.05, 3.63) is 58.4 Å². The second-order valence-corrected chi connectivity index (χ2v) is 6.38. The number of rotatable bonds is 2. The van der Waals surface area contributed by atoms with E-state index in [2.05, 4.69) is 0 Å². The molecule has 0 aliphatic rings. The van der Waals surface area contributed by atoms with Crippen molar-refractivity contribution in [1.29, 1.82) is 0 Å². The summed E-state index contributed by atoms with van der Waals surface area (Å²) in [6.45, 7) is 5.82. The molecule has 0 atom stereocenters. The molecule has 110 valence electrons. The second kappa shape index (κ2) is 5.49. The first-order chi connectivity index (χ1) is 9.71. The van der Waals surface area contributed by atoms with Gasteiger partial charge in [0.05, 0.1) is 0 Å². The van der Waals surface area contributed by atoms with Crippen molar-refractivity contribution in [2.75, 3.05) is 0 Å². The average molecular weight is 306 g/mol. The van der Waals surface area contributed by atoms with E-state index in [4.69, 9.17) is 17.3 Å². The number of benzene rings is 2. The molecule has 0 radical (unpaired) electrons. The van der Waals surface area contributed by atoms with Gasteiger partial charge in [0.1, 0.15) is 5.82 Å². The molecular weight excluding hydrogens is 289 g/mol. The molecule has 0 bridgehead atoms. The Kier molecular flexibility index (Phi) is 4.06. The van der Waals surface area contributed by atoms with E-state index in [1.165, 1.54) is 12.1 Å². The van der Waals surface area contributed by atoms with Gasteiger partial charge >= 0.3 is 0 Å². The van der Waals surface area contributed by atoms with Gasteiger partial charge < -0.3 is 5.73 Å². The monoisotopic (exact) mass is 305 g/mol. The Morgan fingerprint density at radius 3 is 2.38 bits per heavy atom. The molecule has 21 heavy (non-hydrogen) atoms. The highest BCUT2D eigenvalue weighted by atomic mass is 35.5. The predicted molar refractivity (Wildman–Crippen MR) is 84.1 cm³/mol. The standard InChI is InChI=1S/C17H17ClFNO/c1-17(2,3)13-6-4-5-11(15(13)19)12-9-10(16(20)21)7-8-14(12)18/h4-9H,1-3H3,(H2,20,21). The Labute approximate surface area is 128 Å². The molecule has 2 aromatic rings. The van der Waals surface area contributed by atoms with Crippen LogP contribution < -0.4 is 5.73 Å². The lowest BCUT2D eigenvalue weighted by Crippen LogP contribution is -2.14. The summed E-state index contributed by atoms with van der Waals surface area (Å²) in [4.78, 5) is 11.3. The van der Waals surface area contributed by atoms with Crippen LogP contribution in [0.4, 0.5) is 4.39 Å². The van der Waals surface area contributed by atoms with E-state index in [9.17, 15) is 9.18 Å². The molecular formula is C17H17ClFNO. The predicted octanol–water partition coefficient (Wildman–Crippen LogP) is 4.54.